The van der Waals surface area contributed by atoms with Gasteiger partial charge in [-0.25, -0.2) is 8.42 Å². The van der Waals surface area contributed by atoms with Gasteiger partial charge in [0.1, 0.15) is 10.6 Å². The molecular weight excluding hydrogens is 403 g/mol. The van der Waals surface area contributed by atoms with E-state index in [1.165, 1.54) is 6.07 Å². The first-order valence-corrected chi connectivity index (χ1v) is 8.79. The highest BCUT2D eigenvalue weighted by Gasteiger charge is 2.20. The SMILES string of the molecule is CCOc1ccc(N)cc1S(=O)(=O)Nc1cccc(I)c1. The van der Waals surface area contributed by atoms with Crippen LogP contribution in [0.3, 0.4) is 0 Å². The first-order valence-electron chi connectivity index (χ1n) is 6.23. The van der Waals surface area contributed by atoms with E-state index in [0.29, 0.717) is 18.0 Å². The summed E-state index contributed by atoms with van der Waals surface area (Å²) in [5.41, 5.74) is 6.54. The molecule has 0 aromatic heterocycles. The topological polar surface area (TPSA) is 81.4 Å². The van der Waals surface area contributed by atoms with Gasteiger partial charge in [-0.2, -0.15) is 0 Å². The molecule has 0 bridgehead atoms. The molecule has 0 amide bonds. The molecule has 0 fully saturated rings. The van der Waals surface area contributed by atoms with Crippen molar-refractivity contribution in [1.29, 1.82) is 0 Å². The Kier molecular flexibility index (Phi) is 4.94. The van der Waals surface area contributed by atoms with Crippen LogP contribution >= 0.6 is 22.6 Å². The summed E-state index contributed by atoms with van der Waals surface area (Å²) >= 11 is 2.12. The van der Waals surface area contributed by atoms with E-state index in [-0.39, 0.29) is 10.6 Å². The van der Waals surface area contributed by atoms with Gasteiger partial charge in [-0.3, -0.25) is 4.72 Å². The van der Waals surface area contributed by atoms with Gasteiger partial charge in [-0.15, -0.1) is 0 Å². The minimum absolute atomic E-state index is 0.0308. The zero-order chi connectivity index (χ0) is 15.5. The second-order valence-electron chi connectivity index (χ2n) is 4.26. The lowest BCUT2D eigenvalue weighted by molar-refractivity contribution is 0.331. The molecule has 112 valence electrons. The molecule has 7 heteroatoms. The summed E-state index contributed by atoms with van der Waals surface area (Å²) < 4.78 is 33.9. The number of halogens is 1. The van der Waals surface area contributed by atoms with Crippen molar-refractivity contribution < 1.29 is 13.2 Å². The van der Waals surface area contributed by atoms with Crippen molar-refractivity contribution in [1.82, 2.24) is 0 Å². The predicted molar refractivity (Wildman–Crippen MR) is 92.0 cm³/mol. The van der Waals surface area contributed by atoms with Crippen LogP contribution in [0.25, 0.3) is 0 Å². The Morgan fingerprint density at radius 1 is 1.24 bits per heavy atom. The summed E-state index contributed by atoms with van der Waals surface area (Å²) in [4.78, 5) is 0.0308. The summed E-state index contributed by atoms with van der Waals surface area (Å²) in [6, 6.07) is 11.6. The number of nitrogen functional groups attached to an aromatic ring is 1. The van der Waals surface area contributed by atoms with Crippen molar-refractivity contribution in [3.8, 4) is 5.75 Å². The van der Waals surface area contributed by atoms with E-state index >= 15 is 0 Å². The van der Waals surface area contributed by atoms with Crippen LogP contribution in [0.15, 0.2) is 47.4 Å². The van der Waals surface area contributed by atoms with Gasteiger partial charge in [0, 0.05) is 14.9 Å². The fourth-order valence-electron chi connectivity index (χ4n) is 1.77. The first kappa shape index (κ1) is 15.9. The van der Waals surface area contributed by atoms with Gasteiger partial charge in [0.05, 0.1) is 6.61 Å². The number of sulfonamides is 1. The van der Waals surface area contributed by atoms with E-state index in [0.717, 1.165) is 3.57 Å². The van der Waals surface area contributed by atoms with E-state index in [2.05, 4.69) is 27.3 Å². The van der Waals surface area contributed by atoms with Gasteiger partial charge in [0.2, 0.25) is 0 Å². The number of ether oxygens (including phenoxy) is 1. The molecule has 3 N–H and O–H groups in total. The second-order valence-corrected chi connectivity index (χ2v) is 7.15. The molecule has 0 radical (unpaired) electrons. The molecule has 0 saturated carbocycles. The molecule has 2 rings (SSSR count). The molecule has 0 atom stereocenters. The molecule has 0 saturated heterocycles. The summed E-state index contributed by atoms with van der Waals surface area (Å²) in [5, 5.41) is 0. The van der Waals surface area contributed by atoms with Gasteiger partial charge in [-0.05, 0) is 65.9 Å². The summed E-state index contributed by atoms with van der Waals surface area (Å²) in [5.74, 6) is 0.282. The highest BCUT2D eigenvalue weighted by molar-refractivity contribution is 14.1. The Labute approximate surface area is 137 Å². The third-order valence-corrected chi connectivity index (χ3v) is 4.71. The Morgan fingerprint density at radius 2 is 2.00 bits per heavy atom. The molecular formula is C14H15IN2O3S. The molecule has 5 nitrogen and oxygen atoms in total. The van der Waals surface area contributed by atoms with E-state index in [4.69, 9.17) is 10.5 Å². The number of nitrogens with two attached hydrogens (primary N) is 1. The van der Waals surface area contributed by atoms with Crippen molar-refractivity contribution in [3.63, 3.8) is 0 Å². The minimum Gasteiger partial charge on any atom is -0.492 e. The van der Waals surface area contributed by atoms with Crippen LogP contribution in [0.4, 0.5) is 11.4 Å². The van der Waals surface area contributed by atoms with Crippen molar-refractivity contribution in [2.24, 2.45) is 0 Å². The molecule has 0 aliphatic carbocycles. The largest absolute Gasteiger partial charge is 0.492 e. The number of anilines is 2. The Morgan fingerprint density at radius 3 is 2.67 bits per heavy atom. The van der Waals surface area contributed by atoms with Crippen LogP contribution < -0.4 is 15.2 Å². The monoisotopic (exact) mass is 418 g/mol. The maximum atomic E-state index is 12.5. The lowest BCUT2D eigenvalue weighted by atomic mass is 10.3. The number of benzene rings is 2. The predicted octanol–water partition coefficient (Wildman–Crippen LogP) is 3.07. The van der Waals surface area contributed by atoms with Crippen LogP contribution in [-0.4, -0.2) is 15.0 Å². The van der Waals surface area contributed by atoms with Gasteiger partial charge in [-0.1, -0.05) is 6.07 Å². The van der Waals surface area contributed by atoms with Gasteiger partial charge >= 0.3 is 0 Å². The highest BCUT2D eigenvalue weighted by atomic mass is 127. The van der Waals surface area contributed by atoms with E-state index in [1.807, 2.05) is 6.07 Å². The molecule has 0 heterocycles. The normalized spacial score (nSPS) is 11.1. The number of hydrogen-bond acceptors (Lipinski definition) is 4. The first-order chi connectivity index (χ1) is 9.92. The molecule has 21 heavy (non-hydrogen) atoms. The van der Waals surface area contributed by atoms with Gasteiger partial charge < -0.3 is 10.5 Å². The van der Waals surface area contributed by atoms with Crippen LogP contribution in [0.1, 0.15) is 6.92 Å². The van der Waals surface area contributed by atoms with E-state index in [1.54, 1.807) is 37.3 Å². The number of rotatable bonds is 5. The Balaban J connectivity index is 2.41. The molecule has 0 unspecified atom stereocenters. The average Bonchev–Trinajstić information content (AvgIpc) is 2.40. The third-order valence-electron chi connectivity index (χ3n) is 2.63. The van der Waals surface area contributed by atoms with Gasteiger partial charge in [0.25, 0.3) is 10.0 Å². The van der Waals surface area contributed by atoms with Crippen molar-refractivity contribution in [3.05, 3.63) is 46.0 Å². The molecule has 0 spiro atoms. The van der Waals surface area contributed by atoms with E-state index < -0.39 is 10.0 Å². The third kappa shape index (κ3) is 4.01. The summed E-state index contributed by atoms with van der Waals surface area (Å²) in [6.45, 7) is 2.16. The van der Waals surface area contributed by atoms with Gasteiger partial charge in [0.15, 0.2) is 0 Å². The lowest BCUT2D eigenvalue weighted by Gasteiger charge is -2.13. The summed E-state index contributed by atoms with van der Waals surface area (Å²) in [6.07, 6.45) is 0. The van der Waals surface area contributed by atoms with Crippen LogP contribution in [-0.2, 0) is 10.0 Å². The van der Waals surface area contributed by atoms with Crippen molar-refractivity contribution >= 4 is 44.0 Å². The molecule has 0 aliphatic heterocycles. The molecule has 0 aliphatic rings. The van der Waals surface area contributed by atoms with Crippen LogP contribution in [0.2, 0.25) is 0 Å². The second kappa shape index (κ2) is 6.52. The summed E-state index contributed by atoms with van der Waals surface area (Å²) in [7, 11) is -3.76. The van der Waals surface area contributed by atoms with Crippen LogP contribution in [0.5, 0.6) is 5.75 Å². The fourth-order valence-corrected chi connectivity index (χ4v) is 3.54. The highest BCUT2D eigenvalue weighted by Crippen LogP contribution is 2.28. The van der Waals surface area contributed by atoms with Crippen molar-refractivity contribution in [2.75, 3.05) is 17.1 Å². The number of hydrogen-bond donors (Lipinski definition) is 2. The zero-order valence-corrected chi connectivity index (χ0v) is 14.3. The van der Waals surface area contributed by atoms with Crippen LogP contribution in [0, 0.1) is 3.57 Å². The molecule has 2 aromatic rings. The zero-order valence-electron chi connectivity index (χ0n) is 11.3. The number of nitrogens with one attached hydrogen (secondary N) is 1. The maximum Gasteiger partial charge on any atom is 0.265 e. The quantitative estimate of drug-likeness (QED) is 0.578. The standard InChI is InChI=1S/C14H15IN2O3S/c1-2-20-13-7-6-11(16)9-14(13)21(18,19)17-12-5-3-4-10(15)8-12/h3-9,17H,2,16H2,1H3. The average molecular weight is 418 g/mol. The lowest BCUT2D eigenvalue weighted by Crippen LogP contribution is -2.15. The molecule has 2 aromatic carbocycles. The van der Waals surface area contributed by atoms with E-state index in [9.17, 15) is 8.42 Å². The maximum absolute atomic E-state index is 12.5. The Bertz CT molecular complexity index is 748. The smallest absolute Gasteiger partial charge is 0.265 e. The van der Waals surface area contributed by atoms with Crippen molar-refractivity contribution in [2.45, 2.75) is 11.8 Å². The minimum atomic E-state index is -3.76. The fraction of sp³-hybridized carbons (Fsp3) is 0.143. The Hall–Kier alpha value is -1.48.